The maximum atomic E-state index is 4.09. The van der Waals surface area contributed by atoms with Crippen LogP contribution in [0.4, 0.5) is 0 Å². The van der Waals surface area contributed by atoms with Crippen molar-refractivity contribution in [2.24, 2.45) is 0 Å². The molecule has 0 saturated carbocycles. The third kappa shape index (κ3) is 1.79. The maximum Gasteiger partial charge on any atom is 0.0326 e. The first kappa shape index (κ1) is 8.88. The summed E-state index contributed by atoms with van der Waals surface area (Å²) in [5.74, 6) is 1.22. The molecular weight excluding hydrogens is 172 g/mol. The van der Waals surface area contributed by atoms with Gasteiger partial charge in [-0.1, -0.05) is 13.0 Å². The minimum absolute atomic E-state index is 1.15. The first-order chi connectivity index (χ1) is 6.88. The van der Waals surface area contributed by atoms with Crippen LogP contribution in [0, 0.1) is 5.92 Å². The van der Waals surface area contributed by atoms with Gasteiger partial charge >= 0.3 is 0 Å². The topological polar surface area (TPSA) is 25.8 Å². The van der Waals surface area contributed by atoms with E-state index in [0.29, 0.717) is 0 Å². The van der Waals surface area contributed by atoms with E-state index in [-0.39, 0.29) is 0 Å². The first-order valence-electron chi connectivity index (χ1n) is 4.52. The van der Waals surface area contributed by atoms with Crippen LogP contribution in [0.3, 0.4) is 0 Å². The van der Waals surface area contributed by atoms with Crippen molar-refractivity contribution in [3.8, 4) is 0 Å². The maximum absolute atomic E-state index is 4.09. The number of nitrogens with zero attached hydrogens (tertiary/aromatic N) is 2. The van der Waals surface area contributed by atoms with E-state index >= 15 is 0 Å². The molecule has 0 N–H and O–H groups in total. The van der Waals surface area contributed by atoms with E-state index in [4.69, 9.17) is 0 Å². The van der Waals surface area contributed by atoms with Gasteiger partial charge in [-0.15, -0.1) is 0 Å². The van der Waals surface area contributed by atoms with Gasteiger partial charge in [0.15, 0.2) is 0 Å². The van der Waals surface area contributed by atoms with Gasteiger partial charge in [0.1, 0.15) is 0 Å². The zero-order valence-electron chi connectivity index (χ0n) is 8.01. The van der Waals surface area contributed by atoms with Crippen LogP contribution in [0.2, 0.25) is 0 Å². The molecule has 0 unspecified atom stereocenters. The monoisotopic (exact) mass is 183 g/mol. The molecule has 0 fully saturated rings. The smallest absolute Gasteiger partial charge is 0.0326 e. The fraction of sp³-hybridized carbons (Fsp3) is 0.0833. The molecule has 2 aromatic heterocycles. The standard InChI is InChI=1S/C12H11N2/c1-10(11-4-7-13-8-5-11)12-3-2-6-14-9-12/h2-9H,1H3. The largest absolute Gasteiger partial charge is 0.265 e. The van der Waals surface area contributed by atoms with Crippen molar-refractivity contribution in [3.63, 3.8) is 0 Å². The van der Waals surface area contributed by atoms with Crippen molar-refractivity contribution in [1.82, 2.24) is 9.97 Å². The number of aromatic nitrogens is 2. The Kier molecular flexibility index (Phi) is 2.54. The normalized spacial score (nSPS) is 10.4. The summed E-state index contributed by atoms with van der Waals surface area (Å²) in [5.41, 5.74) is 2.34. The van der Waals surface area contributed by atoms with E-state index < -0.39 is 0 Å². The molecule has 1 radical (unpaired) electrons. The van der Waals surface area contributed by atoms with Gasteiger partial charge in [-0.2, -0.15) is 0 Å². The van der Waals surface area contributed by atoms with Crippen LogP contribution >= 0.6 is 0 Å². The first-order valence-corrected chi connectivity index (χ1v) is 4.52. The quantitative estimate of drug-likeness (QED) is 0.714. The predicted octanol–water partition coefficient (Wildman–Crippen LogP) is 2.47. The Morgan fingerprint density at radius 2 is 1.71 bits per heavy atom. The zero-order chi connectivity index (χ0) is 9.80. The lowest BCUT2D eigenvalue weighted by molar-refractivity contribution is 1.14. The molecule has 2 nitrogen and oxygen atoms in total. The summed E-state index contributed by atoms with van der Waals surface area (Å²) in [7, 11) is 0. The van der Waals surface area contributed by atoms with Crippen molar-refractivity contribution in [2.45, 2.75) is 6.92 Å². The Labute approximate surface area is 83.7 Å². The number of pyridine rings is 2. The molecule has 0 aliphatic heterocycles. The van der Waals surface area contributed by atoms with E-state index in [9.17, 15) is 0 Å². The summed E-state index contributed by atoms with van der Waals surface area (Å²) in [5, 5.41) is 0. The van der Waals surface area contributed by atoms with Crippen molar-refractivity contribution in [2.75, 3.05) is 0 Å². The van der Waals surface area contributed by atoms with Crippen molar-refractivity contribution >= 4 is 0 Å². The molecular formula is C12H11N2. The van der Waals surface area contributed by atoms with E-state index in [2.05, 4.69) is 23.0 Å². The summed E-state index contributed by atoms with van der Waals surface area (Å²) < 4.78 is 0. The van der Waals surface area contributed by atoms with Crippen LogP contribution in [0.1, 0.15) is 18.1 Å². The molecule has 69 valence electrons. The lowest BCUT2D eigenvalue weighted by atomic mass is 9.96. The van der Waals surface area contributed by atoms with Crippen LogP contribution in [0.25, 0.3) is 0 Å². The molecule has 14 heavy (non-hydrogen) atoms. The predicted molar refractivity (Wildman–Crippen MR) is 55.6 cm³/mol. The minimum atomic E-state index is 1.15. The van der Waals surface area contributed by atoms with Gasteiger partial charge in [-0.05, 0) is 29.3 Å². The Morgan fingerprint density at radius 1 is 0.929 bits per heavy atom. The molecule has 0 aromatic carbocycles. The van der Waals surface area contributed by atoms with E-state index in [0.717, 1.165) is 5.56 Å². The van der Waals surface area contributed by atoms with Crippen LogP contribution in [0.15, 0.2) is 49.1 Å². The van der Waals surface area contributed by atoms with E-state index in [1.807, 2.05) is 24.4 Å². The Hall–Kier alpha value is -1.70. The third-order valence-electron chi connectivity index (χ3n) is 2.21. The Balaban J connectivity index is 2.30. The van der Waals surface area contributed by atoms with Gasteiger partial charge in [-0.25, -0.2) is 0 Å². The lowest BCUT2D eigenvalue weighted by Crippen LogP contribution is -1.97. The van der Waals surface area contributed by atoms with Gasteiger partial charge < -0.3 is 0 Å². The van der Waals surface area contributed by atoms with Gasteiger partial charge in [0, 0.05) is 30.7 Å². The molecule has 0 bridgehead atoms. The van der Waals surface area contributed by atoms with Crippen LogP contribution in [0.5, 0.6) is 0 Å². The second-order valence-corrected chi connectivity index (χ2v) is 3.10. The van der Waals surface area contributed by atoms with Gasteiger partial charge in [-0.3, -0.25) is 9.97 Å². The van der Waals surface area contributed by atoms with Crippen molar-refractivity contribution in [3.05, 3.63) is 66.1 Å². The Morgan fingerprint density at radius 3 is 2.36 bits per heavy atom. The zero-order valence-corrected chi connectivity index (χ0v) is 8.01. The molecule has 2 heteroatoms. The van der Waals surface area contributed by atoms with Crippen LogP contribution in [-0.4, -0.2) is 9.97 Å². The highest BCUT2D eigenvalue weighted by molar-refractivity contribution is 5.41. The molecule has 2 rings (SSSR count). The molecule has 2 heterocycles. The molecule has 0 aliphatic rings. The summed E-state index contributed by atoms with van der Waals surface area (Å²) in [4.78, 5) is 8.09. The van der Waals surface area contributed by atoms with E-state index in [1.165, 1.54) is 11.5 Å². The molecule has 0 amide bonds. The second kappa shape index (κ2) is 4.01. The van der Waals surface area contributed by atoms with Crippen molar-refractivity contribution < 1.29 is 0 Å². The fourth-order valence-corrected chi connectivity index (χ4v) is 1.35. The molecule has 0 saturated heterocycles. The fourth-order valence-electron chi connectivity index (χ4n) is 1.35. The summed E-state index contributed by atoms with van der Waals surface area (Å²) in [6.45, 7) is 2.09. The molecule has 0 spiro atoms. The highest BCUT2D eigenvalue weighted by atomic mass is 14.6. The average Bonchev–Trinajstić information content (AvgIpc) is 2.30. The van der Waals surface area contributed by atoms with Crippen LogP contribution in [-0.2, 0) is 0 Å². The summed E-state index contributed by atoms with van der Waals surface area (Å²) in [6, 6.07) is 8.01. The number of rotatable bonds is 2. The van der Waals surface area contributed by atoms with E-state index in [1.54, 1.807) is 18.6 Å². The molecule has 2 aromatic rings. The van der Waals surface area contributed by atoms with Gasteiger partial charge in [0.25, 0.3) is 0 Å². The third-order valence-corrected chi connectivity index (χ3v) is 2.21. The molecule has 0 aliphatic carbocycles. The highest BCUT2D eigenvalue weighted by Crippen LogP contribution is 2.20. The minimum Gasteiger partial charge on any atom is -0.265 e. The second-order valence-electron chi connectivity index (χ2n) is 3.10. The number of hydrogen-bond acceptors (Lipinski definition) is 2. The molecule has 0 atom stereocenters. The summed E-state index contributed by atoms with van der Waals surface area (Å²) in [6.07, 6.45) is 7.25. The SMILES string of the molecule is C[C](c1ccncc1)c1cccnc1. The lowest BCUT2D eigenvalue weighted by Gasteiger charge is -2.09. The summed E-state index contributed by atoms with van der Waals surface area (Å²) >= 11 is 0. The highest BCUT2D eigenvalue weighted by Gasteiger charge is 2.07. The van der Waals surface area contributed by atoms with Gasteiger partial charge in [0.05, 0.1) is 0 Å². The van der Waals surface area contributed by atoms with Crippen LogP contribution < -0.4 is 0 Å². The Bertz CT molecular complexity index is 344. The number of hydrogen-bond donors (Lipinski definition) is 0. The average molecular weight is 183 g/mol. The van der Waals surface area contributed by atoms with Gasteiger partial charge in [0.2, 0.25) is 0 Å². The van der Waals surface area contributed by atoms with Crippen molar-refractivity contribution in [1.29, 1.82) is 0 Å².